The summed E-state index contributed by atoms with van der Waals surface area (Å²) >= 11 is 1.26. The molecule has 3 aromatic rings. The first-order chi connectivity index (χ1) is 15.0. The molecule has 2 aromatic carbocycles. The van der Waals surface area contributed by atoms with Crippen LogP contribution in [-0.4, -0.2) is 28.0 Å². The number of hydrogen-bond acceptors (Lipinski definition) is 6. The van der Waals surface area contributed by atoms with Gasteiger partial charge in [0.2, 0.25) is 11.8 Å². The zero-order valence-corrected chi connectivity index (χ0v) is 18.3. The van der Waals surface area contributed by atoms with E-state index >= 15 is 0 Å². The quantitative estimate of drug-likeness (QED) is 0.497. The standard InChI is InChI=1S/C23H25N3O4S/c1-16-12-21(26-30-16)25-23(28)17(2)31-15-22(27)24-13-18-8-6-7-9-19(18)14-29-20-10-4-3-5-11-20/h3-12,17H,13-15H2,1-2H3,(H,24,27)(H,25,26,28)/t17-/m0/s1. The van der Waals surface area contributed by atoms with E-state index in [0.717, 1.165) is 16.9 Å². The number of anilines is 1. The van der Waals surface area contributed by atoms with Crippen molar-refractivity contribution in [3.05, 3.63) is 77.6 Å². The number of nitrogens with zero attached hydrogens (tertiary/aromatic N) is 1. The van der Waals surface area contributed by atoms with Crippen LogP contribution in [0.3, 0.4) is 0 Å². The lowest BCUT2D eigenvalue weighted by Crippen LogP contribution is -2.28. The molecule has 0 fully saturated rings. The van der Waals surface area contributed by atoms with Crippen molar-refractivity contribution in [2.75, 3.05) is 11.1 Å². The number of carbonyl (C=O) groups is 2. The van der Waals surface area contributed by atoms with Crippen LogP contribution >= 0.6 is 11.8 Å². The SMILES string of the molecule is Cc1cc(NC(=O)[C@H](C)SCC(=O)NCc2ccccc2COc2ccccc2)no1. The molecule has 7 nitrogen and oxygen atoms in total. The van der Waals surface area contributed by atoms with Gasteiger partial charge in [0.25, 0.3) is 0 Å². The number of carbonyl (C=O) groups excluding carboxylic acids is 2. The predicted octanol–water partition coefficient (Wildman–Crippen LogP) is 3.94. The molecule has 1 atom stereocenters. The van der Waals surface area contributed by atoms with Gasteiger partial charge in [0.15, 0.2) is 5.82 Å². The van der Waals surface area contributed by atoms with Crippen molar-refractivity contribution in [3.8, 4) is 5.75 Å². The van der Waals surface area contributed by atoms with Crippen molar-refractivity contribution in [3.63, 3.8) is 0 Å². The number of benzene rings is 2. The van der Waals surface area contributed by atoms with Crippen molar-refractivity contribution in [1.82, 2.24) is 10.5 Å². The first kappa shape index (κ1) is 22.4. The zero-order chi connectivity index (χ0) is 22.1. The predicted molar refractivity (Wildman–Crippen MR) is 121 cm³/mol. The van der Waals surface area contributed by atoms with Gasteiger partial charge in [-0.1, -0.05) is 47.6 Å². The second-order valence-corrected chi connectivity index (χ2v) is 8.24. The summed E-state index contributed by atoms with van der Waals surface area (Å²) in [5.74, 6) is 1.59. The van der Waals surface area contributed by atoms with E-state index in [1.54, 1.807) is 19.9 Å². The number of hydrogen-bond donors (Lipinski definition) is 2. The highest BCUT2D eigenvalue weighted by Gasteiger charge is 2.17. The number of amides is 2. The molecule has 0 aliphatic carbocycles. The average molecular weight is 440 g/mol. The fourth-order valence-electron chi connectivity index (χ4n) is 2.72. The van der Waals surface area contributed by atoms with Gasteiger partial charge in [-0.15, -0.1) is 11.8 Å². The van der Waals surface area contributed by atoms with Crippen molar-refractivity contribution in [2.24, 2.45) is 0 Å². The zero-order valence-electron chi connectivity index (χ0n) is 17.5. The number of nitrogens with one attached hydrogen (secondary N) is 2. The summed E-state index contributed by atoms with van der Waals surface area (Å²) in [6, 6.07) is 19.1. The maximum Gasteiger partial charge on any atom is 0.238 e. The van der Waals surface area contributed by atoms with Gasteiger partial charge in [-0.2, -0.15) is 0 Å². The Labute approximate surface area is 185 Å². The number of aryl methyl sites for hydroxylation is 1. The molecule has 1 heterocycles. The summed E-state index contributed by atoms with van der Waals surface area (Å²) in [7, 11) is 0. The molecule has 0 spiro atoms. The molecule has 1 aromatic heterocycles. The molecule has 8 heteroatoms. The Morgan fingerprint density at radius 3 is 2.52 bits per heavy atom. The number of para-hydroxylation sites is 1. The van der Waals surface area contributed by atoms with Gasteiger partial charge in [0.1, 0.15) is 18.1 Å². The third kappa shape index (κ3) is 7.18. The van der Waals surface area contributed by atoms with Gasteiger partial charge < -0.3 is 19.9 Å². The van der Waals surface area contributed by atoms with E-state index in [1.165, 1.54) is 11.8 Å². The van der Waals surface area contributed by atoms with E-state index < -0.39 is 5.25 Å². The van der Waals surface area contributed by atoms with E-state index in [-0.39, 0.29) is 17.6 Å². The van der Waals surface area contributed by atoms with Crippen LogP contribution in [0.5, 0.6) is 5.75 Å². The molecule has 0 bridgehead atoms. The highest BCUT2D eigenvalue weighted by Crippen LogP contribution is 2.16. The number of thioether (sulfide) groups is 1. The largest absolute Gasteiger partial charge is 0.489 e. The highest BCUT2D eigenvalue weighted by atomic mass is 32.2. The Kier molecular flexibility index (Phi) is 8.12. The second-order valence-electron chi connectivity index (χ2n) is 6.91. The lowest BCUT2D eigenvalue weighted by Gasteiger charge is -2.13. The molecule has 0 unspecified atom stereocenters. The summed E-state index contributed by atoms with van der Waals surface area (Å²) in [4.78, 5) is 24.5. The molecule has 2 amide bonds. The lowest BCUT2D eigenvalue weighted by molar-refractivity contribution is -0.118. The van der Waals surface area contributed by atoms with Crippen molar-refractivity contribution in [2.45, 2.75) is 32.2 Å². The van der Waals surface area contributed by atoms with Crippen LogP contribution in [-0.2, 0) is 22.7 Å². The summed E-state index contributed by atoms with van der Waals surface area (Å²) in [5, 5.41) is 8.90. The summed E-state index contributed by atoms with van der Waals surface area (Å²) in [6.45, 7) is 4.31. The second kappa shape index (κ2) is 11.2. The summed E-state index contributed by atoms with van der Waals surface area (Å²) < 4.78 is 10.7. The smallest absolute Gasteiger partial charge is 0.238 e. The summed E-state index contributed by atoms with van der Waals surface area (Å²) in [6.07, 6.45) is 0. The molecular formula is C23H25N3O4S. The number of ether oxygens (including phenoxy) is 1. The van der Waals surface area contributed by atoms with Gasteiger partial charge in [-0.25, -0.2) is 0 Å². The third-order valence-electron chi connectivity index (χ3n) is 4.44. The monoisotopic (exact) mass is 439 g/mol. The molecule has 0 saturated heterocycles. The van der Waals surface area contributed by atoms with Gasteiger partial charge in [-0.3, -0.25) is 9.59 Å². The van der Waals surface area contributed by atoms with Crippen LogP contribution in [0.2, 0.25) is 0 Å². The van der Waals surface area contributed by atoms with Crippen LogP contribution in [0.15, 0.2) is 65.2 Å². The van der Waals surface area contributed by atoms with Gasteiger partial charge in [0.05, 0.1) is 11.0 Å². The maximum absolute atomic E-state index is 12.3. The Hall–Kier alpha value is -3.26. The van der Waals surface area contributed by atoms with E-state index in [1.807, 2.05) is 54.6 Å². The molecule has 0 aliphatic heterocycles. The number of aromatic nitrogens is 1. The van der Waals surface area contributed by atoms with Crippen LogP contribution in [0.4, 0.5) is 5.82 Å². The minimum Gasteiger partial charge on any atom is -0.489 e. The van der Waals surface area contributed by atoms with E-state index in [9.17, 15) is 9.59 Å². The molecule has 0 saturated carbocycles. The van der Waals surface area contributed by atoms with E-state index in [4.69, 9.17) is 9.26 Å². The Bertz CT molecular complexity index is 1010. The fourth-order valence-corrected chi connectivity index (χ4v) is 3.44. The molecule has 0 aliphatic rings. The van der Waals surface area contributed by atoms with Gasteiger partial charge in [-0.05, 0) is 37.1 Å². The van der Waals surface area contributed by atoms with Crippen molar-refractivity contribution in [1.29, 1.82) is 0 Å². The first-order valence-corrected chi connectivity index (χ1v) is 10.9. The summed E-state index contributed by atoms with van der Waals surface area (Å²) in [5.41, 5.74) is 2.00. The minimum absolute atomic E-state index is 0.138. The van der Waals surface area contributed by atoms with E-state index in [0.29, 0.717) is 24.7 Å². The van der Waals surface area contributed by atoms with Gasteiger partial charge >= 0.3 is 0 Å². The van der Waals surface area contributed by atoms with Crippen LogP contribution in [0, 0.1) is 6.92 Å². The highest BCUT2D eigenvalue weighted by molar-refractivity contribution is 8.01. The van der Waals surface area contributed by atoms with Crippen molar-refractivity contribution < 1.29 is 18.8 Å². The minimum atomic E-state index is -0.408. The van der Waals surface area contributed by atoms with E-state index in [2.05, 4.69) is 15.8 Å². The Balaban J connectivity index is 1.43. The van der Waals surface area contributed by atoms with Crippen molar-refractivity contribution >= 4 is 29.4 Å². The van der Waals surface area contributed by atoms with Gasteiger partial charge in [0, 0.05) is 12.6 Å². The van der Waals surface area contributed by atoms with Crippen LogP contribution < -0.4 is 15.4 Å². The molecule has 31 heavy (non-hydrogen) atoms. The Morgan fingerprint density at radius 1 is 1.10 bits per heavy atom. The molecule has 0 radical (unpaired) electrons. The lowest BCUT2D eigenvalue weighted by atomic mass is 10.1. The maximum atomic E-state index is 12.3. The first-order valence-electron chi connectivity index (χ1n) is 9.88. The fraction of sp³-hybridized carbons (Fsp3) is 0.261. The number of rotatable bonds is 10. The Morgan fingerprint density at radius 2 is 1.81 bits per heavy atom. The molecule has 2 N–H and O–H groups in total. The molecule has 162 valence electrons. The normalized spacial score (nSPS) is 11.5. The average Bonchev–Trinajstić information content (AvgIpc) is 3.20. The topological polar surface area (TPSA) is 93.5 Å². The van der Waals surface area contributed by atoms with Crippen LogP contribution in [0.1, 0.15) is 23.8 Å². The molecule has 3 rings (SSSR count). The molecular weight excluding hydrogens is 414 g/mol. The van der Waals surface area contributed by atoms with Crippen LogP contribution in [0.25, 0.3) is 0 Å². The third-order valence-corrected chi connectivity index (χ3v) is 5.59.